The number of alkyl halides is 3. The molecule has 0 fully saturated rings. The minimum atomic E-state index is -4.22. The van der Waals surface area contributed by atoms with Gasteiger partial charge in [-0.1, -0.05) is 6.08 Å². The zero-order valence-corrected chi connectivity index (χ0v) is 9.40. The van der Waals surface area contributed by atoms with Gasteiger partial charge in [0.1, 0.15) is 0 Å². The van der Waals surface area contributed by atoms with Crippen LogP contribution in [-0.4, -0.2) is 30.7 Å². The molecule has 0 aromatic carbocycles. The molecule has 0 bridgehead atoms. The normalized spacial score (nSPS) is 15.3. The SMILES string of the molecule is C=CCNC(=O)C(C)NC(C)CC(F)(F)F. The lowest BCUT2D eigenvalue weighted by Crippen LogP contribution is -2.46. The standard InChI is InChI=1S/C10H17F3N2O/c1-4-5-14-9(16)8(3)15-7(2)6-10(11,12)13/h4,7-8,15H,1,5-6H2,2-3H3,(H,14,16). The highest BCUT2D eigenvalue weighted by atomic mass is 19.4. The number of hydrogen-bond acceptors (Lipinski definition) is 2. The van der Waals surface area contributed by atoms with E-state index >= 15 is 0 Å². The molecule has 0 aliphatic rings. The third kappa shape index (κ3) is 7.28. The van der Waals surface area contributed by atoms with E-state index in [1.807, 2.05) is 0 Å². The van der Waals surface area contributed by atoms with E-state index in [1.165, 1.54) is 19.9 Å². The van der Waals surface area contributed by atoms with Crippen molar-refractivity contribution in [1.29, 1.82) is 0 Å². The highest BCUT2D eigenvalue weighted by Gasteiger charge is 2.30. The predicted molar refractivity (Wildman–Crippen MR) is 55.9 cm³/mol. The molecule has 3 nitrogen and oxygen atoms in total. The summed E-state index contributed by atoms with van der Waals surface area (Å²) in [6.45, 7) is 6.63. The van der Waals surface area contributed by atoms with Gasteiger partial charge in [-0.3, -0.25) is 4.79 Å². The number of nitrogens with one attached hydrogen (secondary N) is 2. The minimum absolute atomic E-state index is 0.304. The van der Waals surface area contributed by atoms with E-state index in [9.17, 15) is 18.0 Å². The first-order chi connectivity index (χ1) is 7.26. The van der Waals surface area contributed by atoms with E-state index in [4.69, 9.17) is 0 Å². The molecule has 2 atom stereocenters. The topological polar surface area (TPSA) is 41.1 Å². The molecular formula is C10H17F3N2O. The molecule has 0 radical (unpaired) electrons. The van der Waals surface area contributed by atoms with Crippen LogP contribution in [0.3, 0.4) is 0 Å². The molecule has 0 saturated carbocycles. The lowest BCUT2D eigenvalue weighted by Gasteiger charge is -2.20. The smallest absolute Gasteiger partial charge is 0.351 e. The Kier molecular flexibility index (Phi) is 6.10. The molecule has 0 heterocycles. The molecule has 0 aliphatic carbocycles. The first kappa shape index (κ1) is 15.0. The number of halogens is 3. The first-order valence-electron chi connectivity index (χ1n) is 4.97. The maximum atomic E-state index is 12.0. The van der Waals surface area contributed by atoms with Gasteiger partial charge >= 0.3 is 6.18 Å². The van der Waals surface area contributed by atoms with Gasteiger partial charge in [-0.25, -0.2) is 0 Å². The van der Waals surface area contributed by atoms with Crippen LogP contribution in [0.5, 0.6) is 0 Å². The van der Waals surface area contributed by atoms with Crippen LogP contribution >= 0.6 is 0 Å². The molecule has 0 spiro atoms. The molecule has 2 unspecified atom stereocenters. The molecular weight excluding hydrogens is 221 g/mol. The van der Waals surface area contributed by atoms with Crippen LogP contribution in [0.4, 0.5) is 13.2 Å². The summed E-state index contributed by atoms with van der Waals surface area (Å²) in [6, 6.07) is -1.44. The Hall–Kier alpha value is -1.04. The Bertz CT molecular complexity index is 241. The third-order valence-electron chi connectivity index (χ3n) is 1.89. The monoisotopic (exact) mass is 238 g/mol. The minimum Gasteiger partial charge on any atom is -0.351 e. The van der Waals surface area contributed by atoms with Crippen LogP contribution < -0.4 is 10.6 Å². The summed E-state index contributed by atoms with van der Waals surface area (Å²) < 4.78 is 36.0. The van der Waals surface area contributed by atoms with Crippen molar-refractivity contribution in [3.63, 3.8) is 0 Å². The van der Waals surface area contributed by atoms with Gasteiger partial charge in [0.25, 0.3) is 0 Å². The van der Waals surface area contributed by atoms with Gasteiger partial charge < -0.3 is 10.6 Å². The zero-order valence-electron chi connectivity index (χ0n) is 9.40. The maximum absolute atomic E-state index is 12.0. The number of hydrogen-bond donors (Lipinski definition) is 2. The van der Waals surface area contributed by atoms with E-state index in [0.717, 1.165) is 0 Å². The van der Waals surface area contributed by atoms with Gasteiger partial charge in [0, 0.05) is 12.6 Å². The Labute approximate surface area is 93.1 Å². The molecule has 2 N–H and O–H groups in total. The van der Waals surface area contributed by atoms with Crippen molar-refractivity contribution in [2.45, 2.75) is 38.5 Å². The van der Waals surface area contributed by atoms with Gasteiger partial charge in [-0.2, -0.15) is 13.2 Å². The van der Waals surface area contributed by atoms with Crippen LogP contribution in [0.15, 0.2) is 12.7 Å². The molecule has 1 amide bonds. The average molecular weight is 238 g/mol. The summed E-state index contributed by atoms with van der Waals surface area (Å²) in [7, 11) is 0. The van der Waals surface area contributed by atoms with Crippen LogP contribution in [0.2, 0.25) is 0 Å². The average Bonchev–Trinajstić information content (AvgIpc) is 2.10. The lowest BCUT2D eigenvalue weighted by molar-refractivity contribution is -0.140. The molecule has 6 heteroatoms. The predicted octanol–water partition coefficient (Wildman–Crippen LogP) is 1.61. The van der Waals surface area contributed by atoms with Gasteiger partial charge in [0.2, 0.25) is 5.91 Å². The maximum Gasteiger partial charge on any atom is 0.390 e. The van der Waals surface area contributed by atoms with Crippen molar-refractivity contribution in [3.8, 4) is 0 Å². The Balaban J connectivity index is 3.98. The Morgan fingerprint density at radius 3 is 2.44 bits per heavy atom. The van der Waals surface area contributed by atoms with Gasteiger partial charge in [0.15, 0.2) is 0 Å². The van der Waals surface area contributed by atoms with Crippen molar-refractivity contribution in [1.82, 2.24) is 10.6 Å². The molecule has 0 rings (SSSR count). The lowest BCUT2D eigenvalue weighted by atomic mass is 10.2. The van der Waals surface area contributed by atoms with Crippen LogP contribution in [0, 0.1) is 0 Å². The Morgan fingerprint density at radius 2 is 2.00 bits per heavy atom. The van der Waals surface area contributed by atoms with E-state index in [2.05, 4.69) is 17.2 Å². The molecule has 0 aliphatic heterocycles. The quantitative estimate of drug-likeness (QED) is 0.690. The molecule has 94 valence electrons. The number of carbonyl (C=O) groups is 1. The summed E-state index contributed by atoms with van der Waals surface area (Å²) in [5.41, 5.74) is 0. The van der Waals surface area contributed by atoms with Crippen LogP contribution in [0.1, 0.15) is 20.3 Å². The second kappa shape index (κ2) is 6.52. The Morgan fingerprint density at radius 1 is 1.44 bits per heavy atom. The van der Waals surface area contributed by atoms with Crippen LogP contribution in [0.25, 0.3) is 0 Å². The number of amides is 1. The van der Waals surface area contributed by atoms with Crippen molar-refractivity contribution in [3.05, 3.63) is 12.7 Å². The summed E-state index contributed by atoms with van der Waals surface area (Å²) in [6.07, 6.45) is -3.67. The highest BCUT2D eigenvalue weighted by Crippen LogP contribution is 2.21. The summed E-state index contributed by atoms with van der Waals surface area (Å²) in [5, 5.41) is 5.08. The highest BCUT2D eigenvalue weighted by molar-refractivity contribution is 5.81. The largest absolute Gasteiger partial charge is 0.390 e. The van der Waals surface area contributed by atoms with Gasteiger partial charge in [0.05, 0.1) is 12.5 Å². The molecule has 0 aromatic heterocycles. The second-order valence-corrected chi connectivity index (χ2v) is 3.64. The number of carbonyl (C=O) groups excluding carboxylic acids is 1. The van der Waals surface area contributed by atoms with E-state index in [0.29, 0.717) is 6.54 Å². The van der Waals surface area contributed by atoms with Gasteiger partial charge in [-0.15, -0.1) is 6.58 Å². The summed E-state index contributed by atoms with van der Waals surface area (Å²) >= 11 is 0. The number of rotatable bonds is 6. The first-order valence-corrected chi connectivity index (χ1v) is 4.97. The fourth-order valence-electron chi connectivity index (χ4n) is 1.23. The van der Waals surface area contributed by atoms with Crippen molar-refractivity contribution >= 4 is 5.91 Å². The zero-order chi connectivity index (χ0) is 12.8. The van der Waals surface area contributed by atoms with E-state index in [1.54, 1.807) is 0 Å². The molecule has 0 saturated heterocycles. The fourth-order valence-corrected chi connectivity index (χ4v) is 1.23. The van der Waals surface area contributed by atoms with Crippen LogP contribution in [-0.2, 0) is 4.79 Å². The van der Waals surface area contributed by atoms with Crippen molar-refractivity contribution in [2.75, 3.05) is 6.54 Å². The summed E-state index contributed by atoms with van der Waals surface area (Å²) in [5.74, 6) is -0.339. The van der Waals surface area contributed by atoms with Crippen molar-refractivity contribution in [2.24, 2.45) is 0 Å². The van der Waals surface area contributed by atoms with Gasteiger partial charge in [-0.05, 0) is 13.8 Å². The van der Waals surface area contributed by atoms with Crippen molar-refractivity contribution < 1.29 is 18.0 Å². The summed E-state index contributed by atoms with van der Waals surface area (Å²) in [4.78, 5) is 11.3. The second-order valence-electron chi connectivity index (χ2n) is 3.64. The molecule has 16 heavy (non-hydrogen) atoms. The fraction of sp³-hybridized carbons (Fsp3) is 0.700. The molecule has 0 aromatic rings. The third-order valence-corrected chi connectivity index (χ3v) is 1.89. The van der Waals surface area contributed by atoms with E-state index < -0.39 is 24.7 Å². The van der Waals surface area contributed by atoms with E-state index in [-0.39, 0.29) is 5.91 Å².